The first-order valence-electron chi connectivity index (χ1n) is 0. The third kappa shape index (κ3) is 18.7. The van der Waals surface area contributed by atoms with Crippen LogP contribution in [-0.4, -0.2) is 5.48 Å². The standard InChI is InChI=1S/La.Li.H2O.Ta.Zr.H/h;;1H2;;;/q;+1;;;;-1. The van der Waals surface area contributed by atoms with Crippen LogP contribution in [0.4, 0.5) is 0 Å². The van der Waals surface area contributed by atoms with Gasteiger partial charge in [-0.05, 0) is 0 Å². The van der Waals surface area contributed by atoms with Crippen molar-refractivity contribution in [3.63, 3.8) is 0 Å². The van der Waals surface area contributed by atoms with Crippen molar-refractivity contribution in [2.45, 2.75) is 0 Å². The molecule has 0 aromatic carbocycles. The zero-order valence-electron chi connectivity index (χ0n) is 4.02. The third-order valence-electron chi connectivity index (χ3n) is 0. The van der Waals surface area contributed by atoms with E-state index < -0.39 is 0 Å². The van der Waals surface area contributed by atoms with Gasteiger partial charge in [-0.1, -0.05) is 0 Å². The molecule has 5 heteroatoms. The fourth-order valence-electron chi connectivity index (χ4n) is 0. The number of hydrogen-bond acceptors (Lipinski definition) is 0. The molecule has 0 aliphatic carbocycles. The molecule has 0 rings (SSSR count). The summed E-state index contributed by atoms with van der Waals surface area (Å²) in [5.74, 6) is 0. The quantitative estimate of drug-likeness (QED) is 0.350. The average molecular weight is 437 g/mol. The summed E-state index contributed by atoms with van der Waals surface area (Å²) in [6, 6.07) is 0. The molecule has 0 saturated heterocycles. The summed E-state index contributed by atoms with van der Waals surface area (Å²) >= 11 is 0. The Kier molecular flexibility index (Phi) is 210. The minimum Gasteiger partial charge on any atom is -1.00 e. The van der Waals surface area contributed by atoms with E-state index in [0.717, 1.165) is 0 Å². The van der Waals surface area contributed by atoms with Crippen LogP contribution in [0.5, 0.6) is 0 Å². The molecule has 0 heterocycles. The predicted octanol–water partition coefficient (Wildman–Crippen LogP) is -3.71. The fraction of sp³-hybridized carbons (Fsp3) is 0. The Labute approximate surface area is 108 Å². The summed E-state index contributed by atoms with van der Waals surface area (Å²) in [5.41, 5.74) is 0. The molecule has 0 atom stereocenters. The molecule has 0 saturated carbocycles. The SMILES string of the molecule is O.[H-].[La].[Li+].[Ta].[Zr]. The van der Waals surface area contributed by atoms with E-state index in [2.05, 4.69) is 0 Å². The summed E-state index contributed by atoms with van der Waals surface area (Å²) in [6.45, 7) is 0. The second kappa shape index (κ2) is 26.3. The van der Waals surface area contributed by atoms with E-state index in [1.165, 1.54) is 0 Å². The molecule has 2 radical (unpaired) electrons. The summed E-state index contributed by atoms with van der Waals surface area (Å²) in [4.78, 5) is 0. The molecule has 0 aliphatic heterocycles. The van der Waals surface area contributed by atoms with Crippen molar-refractivity contribution in [2.24, 2.45) is 0 Å². The Balaban J connectivity index is 0. The van der Waals surface area contributed by atoms with Gasteiger partial charge in [0, 0.05) is 84.2 Å². The van der Waals surface area contributed by atoms with E-state index in [1.54, 1.807) is 0 Å². The van der Waals surface area contributed by atoms with Crippen molar-refractivity contribution >= 4 is 0 Å². The van der Waals surface area contributed by atoms with Gasteiger partial charge >= 0.3 is 18.9 Å². The van der Waals surface area contributed by atoms with Gasteiger partial charge in [0.15, 0.2) is 0 Å². The molecule has 0 fully saturated rings. The first kappa shape index (κ1) is 40.0. The third-order valence-corrected chi connectivity index (χ3v) is 0. The first-order valence-corrected chi connectivity index (χ1v) is 0. The van der Waals surface area contributed by atoms with Crippen molar-refractivity contribution in [1.82, 2.24) is 0 Å². The van der Waals surface area contributed by atoms with E-state index in [0.29, 0.717) is 0 Å². The minimum absolute atomic E-state index is 0. The summed E-state index contributed by atoms with van der Waals surface area (Å²) in [5, 5.41) is 0. The molecule has 0 bridgehead atoms. The van der Waals surface area contributed by atoms with Gasteiger partial charge in [-0.2, -0.15) is 0 Å². The largest absolute Gasteiger partial charge is 1.00 e. The van der Waals surface area contributed by atoms with Crippen LogP contribution in [0.3, 0.4) is 0 Å². The van der Waals surface area contributed by atoms with Crippen LogP contribution in [-0.2, 0) is 48.6 Å². The molecule has 0 aliphatic rings. The second-order valence-corrected chi connectivity index (χ2v) is 0. The van der Waals surface area contributed by atoms with Crippen LogP contribution in [0.15, 0.2) is 0 Å². The molecular formula is H3LaLiOTaZr. The van der Waals surface area contributed by atoms with E-state index in [1.807, 2.05) is 0 Å². The molecule has 0 aromatic rings. The van der Waals surface area contributed by atoms with Crippen molar-refractivity contribution in [2.75, 3.05) is 0 Å². The molecule has 2 N–H and O–H groups in total. The minimum atomic E-state index is 0. The van der Waals surface area contributed by atoms with Crippen molar-refractivity contribution < 1.29 is 110 Å². The number of rotatable bonds is 0. The second-order valence-electron chi connectivity index (χ2n) is 0. The Morgan fingerprint density at radius 3 is 1.20 bits per heavy atom. The van der Waals surface area contributed by atoms with Gasteiger partial charge in [0.2, 0.25) is 0 Å². The van der Waals surface area contributed by atoms with Gasteiger partial charge in [0.1, 0.15) is 0 Å². The van der Waals surface area contributed by atoms with Crippen LogP contribution >= 0.6 is 0 Å². The maximum absolute atomic E-state index is 0. The molecule has 22 valence electrons. The van der Waals surface area contributed by atoms with Crippen LogP contribution in [0.1, 0.15) is 1.43 Å². The van der Waals surface area contributed by atoms with Gasteiger partial charge in [-0.15, -0.1) is 0 Å². The summed E-state index contributed by atoms with van der Waals surface area (Å²) in [7, 11) is 0. The Bertz CT molecular complexity index is 15.5. The zero-order chi connectivity index (χ0) is 0. The molecule has 0 spiro atoms. The zero-order valence-corrected chi connectivity index (χ0v) is 12.3. The Hall–Kier alpha value is 3.38. The maximum atomic E-state index is 0. The monoisotopic (exact) mass is 436 g/mol. The predicted molar refractivity (Wildman–Crippen MR) is 4.73 cm³/mol. The van der Waals surface area contributed by atoms with Crippen LogP contribution in [0, 0.1) is 35.6 Å². The number of hydrogen-bond donors (Lipinski definition) is 0. The van der Waals surface area contributed by atoms with Crippen molar-refractivity contribution in [3.05, 3.63) is 0 Å². The molecular weight excluding hydrogens is 434 g/mol. The summed E-state index contributed by atoms with van der Waals surface area (Å²) in [6.07, 6.45) is 0. The van der Waals surface area contributed by atoms with Crippen LogP contribution in [0.2, 0.25) is 0 Å². The van der Waals surface area contributed by atoms with Gasteiger partial charge in [0.25, 0.3) is 0 Å². The molecule has 0 aromatic heterocycles. The molecule has 0 amide bonds. The van der Waals surface area contributed by atoms with Gasteiger partial charge in [0.05, 0.1) is 0 Å². The van der Waals surface area contributed by atoms with Gasteiger partial charge in [-0.25, -0.2) is 0 Å². The van der Waals surface area contributed by atoms with E-state index in [4.69, 9.17) is 0 Å². The van der Waals surface area contributed by atoms with Crippen molar-refractivity contribution in [3.8, 4) is 0 Å². The van der Waals surface area contributed by atoms with Crippen LogP contribution in [0.25, 0.3) is 0 Å². The smallest absolute Gasteiger partial charge is 1.00 e. The first-order chi connectivity index (χ1) is 0. The van der Waals surface area contributed by atoms with E-state index >= 15 is 0 Å². The van der Waals surface area contributed by atoms with Gasteiger partial charge in [-0.3, -0.25) is 0 Å². The molecule has 1 nitrogen and oxygen atoms in total. The summed E-state index contributed by atoms with van der Waals surface area (Å²) < 4.78 is 0. The van der Waals surface area contributed by atoms with E-state index in [-0.39, 0.29) is 110 Å². The normalized spacial score (nSPS) is 0. The van der Waals surface area contributed by atoms with Gasteiger partial charge < -0.3 is 6.90 Å². The molecule has 5 heavy (non-hydrogen) atoms. The topological polar surface area (TPSA) is 31.5 Å². The molecule has 0 unspecified atom stereocenters. The fourth-order valence-corrected chi connectivity index (χ4v) is 0. The van der Waals surface area contributed by atoms with Crippen molar-refractivity contribution in [1.29, 1.82) is 0 Å². The average Bonchev–Trinajstić information content (AvgIpc) is 0. The maximum Gasteiger partial charge on any atom is 1.00 e. The van der Waals surface area contributed by atoms with E-state index in [9.17, 15) is 0 Å². The Morgan fingerprint density at radius 1 is 1.20 bits per heavy atom. The van der Waals surface area contributed by atoms with Crippen LogP contribution < -0.4 is 18.9 Å². The Morgan fingerprint density at radius 2 is 1.20 bits per heavy atom.